The zero-order valence-corrected chi connectivity index (χ0v) is 14.8. The summed E-state index contributed by atoms with van der Waals surface area (Å²) in [6.07, 6.45) is 1.95. The number of rotatable bonds is 5. The number of thiophene rings is 1. The second kappa shape index (κ2) is 8.03. The number of urea groups is 1. The van der Waals surface area contributed by atoms with Crippen LogP contribution in [0.2, 0.25) is 0 Å². The Morgan fingerprint density at radius 2 is 1.65 bits per heavy atom. The molecule has 3 N–H and O–H groups in total. The van der Waals surface area contributed by atoms with Crippen LogP contribution in [0.4, 0.5) is 16.2 Å². The summed E-state index contributed by atoms with van der Waals surface area (Å²) >= 11 is 2.97. The van der Waals surface area contributed by atoms with E-state index in [2.05, 4.69) is 16.0 Å². The minimum atomic E-state index is -0.250. The summed E-state index contributed by atoms with van der Waals surface area (Å²) in [6.45, 7) is 3.79. The minimum absolute atomic E-state index is 0.0741. The van der Waals surface area contributed by atoms with Crippen LogP contribution in [0.3, 0.4) is 0 Å². The molecule has 0 saturated carbocycles. The standard InChI is InChI=1S/C16H19N3O2S2/c1-10(2)17-16(21)19-12-6-4-11(5-7-12)18-15(20)14-13(22-3)8-9-23-14/h4-10H,1-3H3,(H,18,20)(H2,17,19,21). The van der Waals surface area contributed by atoms with E-state index in [0.717, 1.165) is 4.90 Å². The number of carbonyl (C=O) groups is 2. The van der Waals surface area contributed by atoms with Crippen molar-refractivity contribution >= 4 is 46.4 Å². The molecule has 0 bridgehead atoms. The Morgan fingerprint density at radius 3 is 2.22 bits per heavy atom. The van der Waals surface area contributed by atoms with E-state index in [4.69, 9.17) is 0 Å². The molecule has 0 unspecified atom stereocenters. The monoisotopic (exact) mass is 349 g/mol. The van der Waals surface area contributed by atoms with Gasteiger partial charge in [-0.15, -0.1) is 23.1 Å². The van der Waals surface area contributed by atoms with Crippen LogP contribution in [0.25, 0.3) is 0 Å². The summed E-state index contributed by atoms with van der Waals surface area (Å²) in [7, 11) is 0. The van der Waals surface area contributed by atoms with Crippen LogP contribution in [0.1, 0.15) is 23.5 Å². The quantitative estimate of drug-likeness (QED) is 0.707. The van der Waals surface area contributed by atoms with Crippen molar-refractivity contribution in [3.05, 3.63) is 40.6 Å². The number of hydrogen-bond acceptors (Lipinski definition) is 4. The molecule has 0 atom stereocenters. The van der Waals surface area contributed by atoms with Crippen molar-refractivity contribution in [2.24, 2.45) is 0 Å². The highest BCUT2D eigenvalue weighted by atomic mass is 32.2. The molecule has 3 amide bonds. The van der Waals surface area contributed by atoms with E-state index in [0.29, 0.717) is 16.3 Å². The van der Waals surface area contributed by atoms with E-state index in [1.165, 1.54) is 11.3 Å². The predicted octanol–water partition coefficient (Wildman–Crippen LogP) is 4.25. The molecule has 1 aromatic carbocycles. The molecule has 1 heterocycles. The molecule has 1 aromatic heterocycles. The van der Waals surface area contributed by atoms with Crippen molar-refractivity contribution in [1.82, 2.24) is 5.32 Å². The molecule has 0 aliphatic carbocycles. The number of anilines is 2. The normalized spacial score (nSPS) is 10.4. The van der Waals surface area contributed by atoms with Gasteiger partial charge in [0.25, 0.3) is 5.91 Å². The summed E-state index contributed by atoms with van der Waals surface area (Å²) in [5.41, 5.74) is 1.35. The highest BCUT2D eigenvalue weighted by Gasteiger charge is 2.12. The van der Waals surface area contributed by atoms with Gasteiger partial charge in [-0.25, -0.2) is 4.79 Å². The predicted molar refractivity (Wildman–Crippen MR) is 97.8 cm³/mol. The van der Waals surface area contributed by atoms with Crippen molar-refractivity contribution in [1.29, 1.82) is 0 Å². The molecular formula is C16H19N3O2S2. The summed E-state index contributed by atoms with van der Waals surface area (Å²) in [4.78, 5) is 25.5. The number of thioether (sulfide) groups is 1. The number of carbonyl (C=O) groups excluding carboxylic acids is 2. The van der Waals surface area contributed by atoms with E-state index in [9.17, 15) is 9.59 Å². The van der Waals surface area contributed by atoms with Crippen LogP contribution in [-0.2, 0) is 0 Å². The van der Waals surface area contributed by atoms with Crippen LogP contribution in [-0.4, -0.2) is 24.2 Å². The Hall–Kier alpha value is -1.99. The SMILES string of the molecule is CSc1ccsc1C(=O)Nc1ccc(NC(=O)NC(C)C)cc1. The molecule has 7 heteroatoms. The van der Waals surface area contributed by atoms with Crippen LogP contribution >= 0.6 is 23.1 Å². The molecule has 5 nitrogen and oxygen atoms in total. The van der Waals surface area contributed by atoms with Crippen molar-refractivity contribution in [3.63, 3.8) is 0 Å². The van der Waals surface area contributed by atoms with Gasteiger partial charge in [0.1, 0.15) is 4.88 Å². The third-order valence-corrected chi connectivity index (χ3v) is 4.70. The Labute approximate surface area is 143 Å². The molecule has 0 saturated heterocycles. The van der Waals surface area contributed by atoms with E-state index >= 15 is 0 Å². The molecule has 122 valence electrons. The van der Waals surface area contributed by atoms with Crippen molar-refractivity contribution < 1.29 is 9.59 Å². The summed E-state index contributed by atoms with van der Waals surface area (Å²) in [5, 5.41) is 10.2. The van der Waals surface area contributed by atoms with Gasteiger partial charge in [0.05, 0.1) is 0 Å². The van der Waals surface area contributed by atoms with Crippen LogP contribution in [0.5, 0.6) is 0 Å². The Bertz CT molecular complexity index is 681. The molecular weight excluding hydrogens is 330 g/mol. The van der Waals surface area contributed by atoms with E-state index in [-0.39, 0.29) is 18.0 Å². The summed E-state index contributed by atoms with van der Waals surface area (Å²) in [6, 6.07) is 8.78. The van der Waals surface area contributed by atoms with Crippen LogP contribution in [0, 0.1) is 0 Å². The second-order valence-electron chi connectivity index (χ2n) is 5.10. The van der Waals surface area contributed by atoms with E-state index in [1.807, 2.05) is 31.5 Å². The third kappa shape index (κ3) is 5.01. The lowest BCUT2D eigenvalue weighted by atomic mass is 10.2. The second-order valence-corrected chi connectivity index (χ2v) is 6.87. The third-order valence-electron chi connectivity index (χ3n) is 2.88. The fourth-order valence-corrected chi connectivity index (χ4v) is 3.52. The van der Waals surface area contributed by atoms with Crippen molar-refractivity contribution in [2.45, 2.75) is 24.8 Å². The van der Waals surface area contributed by atoms with Crippen LogP contribution in [0.15, 0.2) is 40.6 Å². The smallest absolute Gasteiger partial charge is 0.319 e. The van der Waals surface area contributed by atoms with Gasteiger partial charge in [-0.2, -0.15) is 0 Å². The average Bonchev–Trinajstić information content (AvgIpc) is 2.97. The number of nitrogens with one attached hydrogen (secondary N) is 3. The molecule has 23 heavy (non-hydrogen) atoms. The Kier molecular flexibility index (Phi) is 6.06. The van der Waals surface area contributed by atoms with Crippen molar-refractivity contribution in [2.75, 3.05) is 16.9 Å². The Balaban J connectivity index is 1.97. The molecule has 0 fully saturated rings. The van der Waals surface area contributed by atoms with Crippen molar-refractivity contribution in [3.8, 4) is 0 Å². The van der Waals surface area contributed by atoms with Gasteiger partial charge in [0, 0.05) is 22.3 Å². The maximum atomic E-state index is 12.2. The van der Waals surface area contributed by atoms with Gasteiger partial charge in [0.2, 0.25) is 0 Å². The molecule has 2 aromatic rings. The number of amides is 3. The summed E-state index contributed by atoms with van der Waals surface area (Å²) in [5.74, 6) is -0.123. The molecule has 0 spiro atoms. The van der Waals surface area contributed by atoms with E-state index < -0.39 is 0 Å². The molecule has 0 aliphatic heterocycles. The minimum Gasteiger partial charge on any atom is -0.336 e. The Morgan fingerprint density at radius 1 is 1.04 bits per heavy atom. The first-order chi connectivity index (χ1) is 11.0. The summed E-state index contributed by atoms with van der Waals surface area (Å²) < 4.78 is 0. The largest absolute Gasteiger partial charge is 0.336 e. The highest BCUT2D eigenvalue weighted by Crippen LogP contribution is 2.26. The fourth-order valence-electron chi connectivity index (χ4n) is 1.88. The van der Waals surface area contributed by atoms with Gasteiger partial charge in [0.15, 0.2) is 0 Å². The zero-order valence-electron chi connectivity index (χ0n) is 13.2. The number of benzene rings is 1. The lowest BCUT2D eigenvalue weighted by Gasteiger charge is -2.11. The molecule has 0 aliphatic rings. The highest BCUT2D eigenvalue weighted by molar-refractivity contribution is 7.98. The first-order valence-electron chi connectivity index (χ1n) is 7.10. The topological polar surface area (TPSA) is 70.2 Å². The van der Waals surface area contributed by atoms with Gasteiger partial charge in [-0.05, 0) is 55.8 Å². The average molecular weight is 349 g/mol. The maximum Gasteiger partial charge on any atom is 0.319 e. The lowest BCUT2D eigenvalue weighted by molar-refractivity contribution is 0.102. The molecule has 2 rings (SSSR count). The van der Waals surface area contributed by atoms with Gasteiger partial charge in [-0.3, -0.25) is 4.79 Å². The van der Waals surface area contributed by atoms with Gasteiger partial charge < -0.3 is 16.0 Å². The zero-order chi connectivity index (χ0) is 16.8. The van der Waals surface area contributed by atoms with E-state index in [1.54, 1.807) is 36.0 Å². The fraction of sp³-hybridized carbons (Fsp3) is 0.250. The number of hydrogen-bond donors (Lipinski definition) is 3. The first kappa shape index (κ1) is 17.4. The lowest BCUT2D eigenvalue weighted by Crippen LogP contribution is -2.34. The van der Waals surface area contributed by atoms with Gasteiger partial charge in [-0.1, -0.05) is 0 Å². The maximum absolute atomic E-state index is 12.2. The first-order valence-corrected chi connectivity index (χ1v) is 9.20. The van der Waals surface area contributed by atoms with Gasteiger partial charge >= 0.3 is 6.03 Å². The van der Waals surface area contributed by atoms with Crippen LogP contribution < -0.4 is 16.0 Å². The molecule has 0 radical (unpaired) electrons.